The molecule has 0 unspecified atom stereocenters. The minimum atomic E-state index is -0.751. The predicted octanol–water partition coefficient (Wildman–Crippen LogP) is 4.70. The predicted molar refractivity (Wildman–Crippen MR) is 117 cm³/mol. The van der Waals surface area contributed by atoms with Crippen molar-refractivity contribution in [3.8, 4) is 22.6 Å². The highest BCUT2D eigenvalue weighted by molar-refractivity contribution is 5.92. The molecule has 156 valence electrons. The van der Waals surface area contributed by atoms with Gasteiger partial charge in [-0.15, -0.1) is 0 Å². The Labute approximate surface area is 178 Å². The van der Waals surface area contributed by atoms with E-state index in [1.54, 1.807) is 18.2 Å². The number of esters is 1. The van der Waals surface area contributed by atoms with E-state index in [0.29, 0.717) is 29.9 Å². The average molecular weight is 416 g/mol. The van der Waals surface area contributed by atoms with Crippen LogP contribution in [0.2, 0.25) is 0 Å². The zero-order valence-electron chi connectivity index (χ0n) is 16.9. The Balaban J connectivity index is 1.34. The minimum absolute atomic E-state index is 0.143. The van der Waals surface area contributed by atoms with Crippen molar-refractivity contribution < 1.29 is 23.4 Å². The van der Waals surface area contributed by atoms with Crippen LogP contribution in [0.15, 0.2) is 88.1 Å². The van der Waals surface area contributed by atoms with Crippen molar-refractivity contribution in [2.45, 2.75) is 0 Å². The molecule has 0 radical (unpaired) electrons. The van der Waals surface area contributed by atoms with Crippen LogP contribution in [0.5, 0.6) is 11.5 Å². The van der Waals surface area contributed by atoms with Crippen molar-refractivity contribution in [3.05, 3.63) is 94.8 Å². The molecule has 0 saturated heterocycles. The highest BCUT2D eigenvalue weighted by Crippen LogP contribution is 2.23. The Bertz CT molecular complexity index is 1240. The first kappa shape index (κ1) is 20.2. The number of methoxy groups -OCH3 is 1. The fourth-order valence-electron chi connectivity index (χ4n) is 3.13. The van der Waals surface area contributed by atoms with E-state index in [1.807, 2.05) is 42.5 Å². The van der Waals surface area contributed by atoms with Gasteiger partial charge in [-0.2, -0.15) is 0 Å². The number of hydrogen-bond donors (Lipinski definition) is 0. The lowest BCUT2D eigenvalue weighted by atomic mass is 10.1. The first-order valence-electron chi connectivity index (χ1n) is 9.71. The van der Waals surface area contributed by atoms with Gasteiger partial charge in [0.05, 0.1) is 7.11 Å². The Kier molecular flexibility index (Phi) is 5.98. The number of carbonyl (C=O) groups excluding carboxylic acids is 1. The van der Waals surface area contributed by atoms with Gasteiger partial charge in [0.25, 0.3) is 0 Å². The van der Waals surface area contributed by atoms with Crippen LogP contribution in [0.1, 0.15) is 10.4 Å². The summed E-state index contributed by atoms with van der Waals surface area (Å²) < 4.78 is 21.2. The van der Waals surface area contributed by atoms with Crippen LogP contribution in [-0.4, -0.2) is 26.3 Å². The highest BCUT2D eigenvalue weighted by Gasteiger charge is 2.14. The van der Waals surface area contributed by atoms with Gasteiger partial charge in [0.1, 0.15) is 35.9 Å². The summed E-state index contributed by atoms with van der Waals surface area (Å²) >= 11 is 0. The van der Waals surface area contributed by atoms with Crippen LogP contribution in [0, 0.1) is 0 Å². The molecule has 1 aromatic heterocycles. The van der Waals surface area contributed by atoms with E-state index in [2.05, 4.69) is 16.9 Å². The van der Waals surface area contributed by atoms with Crippen molar-refractivity contribution in [3.63, 3.8) is 0 Å². The maximum Gasteiger partial charge on any atom is 0.351 e. The summed E-state index contributed by atoms with van der Waals surface area (Å²) in [4.78, 5) is 23.6. The molecule has 0 aliphatic carbocycles. The maximum absolute atomic E-state index is 11.9. The minimum Gasteiger partial charge on any atom is -0.490 e. The number of carbonyl (C=O) groups is 1. The van der Waals surface area contributed by atoms with Crippen molar-refractivity contribution in [1.29, 1.82) is 0 Å². The SMILES string of the molecule is COC(=O)c1cc2ccc(OCCOc3ccc(-c4ccccc4)cc3)cc2oc1=O. The number of fused-ring (bicyclic) bond motifs is 1. The monoisotopic (exact) mass is 416 g/mol. The molecule has 0 spiro atoms. The molecule has 0 amide bonds. The number of benzene rings is 3. The molecule has 0 aliphatic heterocycles. The van der Waals surface area contributed by atoms with E-state index in [4.69, 9.17) is 13.9 Å². The van der Waals surface area contributed by atoms with Gasteiger partial charge in [0, 0.05) is 11.5 Å². The van der Waals surface area contributed by atoms with Crippen LogP contribution < -0.4 is 15.1 Å². The molecule has 0 fully saturated rings. The lowest BCUT2D eigenvalue weighted by molar-refractivity contribution is 0.0596. The molecule has 6 nitrogen and oxygen atoms in total. The molecular formula is C25H20O6. The quantitative estimate of drug-likeness (QED) is 0.247. The molecule has 0 saturated carbocycles. The second-order valence-corrected chi connectivity index (χ2v) is 6.73. The van der Waals surface area contributed by atoms with E-state index in [-0.39, 0.29) is 5.56 Å². The van der Waals surface area contributed by atoms with Crippen molar-refractivity contribution in [2.75, 3.05) is 20.3 Å². The van der Waals surface area contributed by atoms with Gasteiger partial charge in [-0.05, 0) is 41.5 Å². The third-order valence-corrected chi connectivity index (χ3v) is 4.69. The Morgan fingerprint density at radius 1 is 0.806 bits per heavy atom. The largest absolute Gasteiger partial charge is 0.490 e. The molecule has 0 N–H and O–H groups in total. The summed E-state index contributed by atoms with van der Waals surface area (Å²) in [6, 6.07) is 24.5. The van der Waals surface area contributed by atoms with E-state index in [9.17, 15) is 9.59 Å². The fourth-order valence-corrected chi connectivity index (χ4v) is 3.13. The van der Waals surface area contributed by atoms with Crippen LogP contribution in [0.4, 0.5) is 0 Å². The molecule has 4 aromatic rings. The average Bonchev–Trinajstić information content (AvgIpc) is 2.82. The summed E-state index contributed by atoms with van der Waals surface area (Å²) in [5.74, 6) is 0.553. The Morgan fingerprint density at radius 2 is 1.45 bits per heavy atom. The van der Waals surface area contributed by atoms with Gasteiger partial charge < -0.3 is 18.6 Å². The van der Waals surface area contributed by atoms with Crippen molar-refractivity contribution >= 4 is 16.9 Å². The third-order valence-electron chi connectivity index (χ3n) is 4.69. The van der Waals surface area contributed by atoms with Crippen molar-refractivity contribution in [1.82, 2.24) is 0 Å². The first-order valence-corrected chi connectivity index (χ1v) is 9.71. The normalized spacial score (nSPS) is 10.6. The van der Waals surface area contributed by atoms with Crippen LogP contribution in [-0.2, 0) is 4.74 Å². The Hall–Kier alpha value is -4.06. The second-order valence-electron chi connectivity index (χ2n) is 6.73. The lowest BCUT2D eigenvalue weighted by Gasteiger charge is -2.10. The van der Waals surface area contributed by atoms with Gasteiger partial charge in [-0.25, -0.2) is 9.59 Å². The number of ether oxygens (including phenoxy) is 3. The number of hydrogen-bond acceptors (Lipinski definition) is 6. The van der Waals surface area contributed by atoms with Crippen molar-refractivity contribution in [2.24, 2.45) is 0 Å². The summed E-state index contributed by atoms with van der Waals surface area (Å²) in [7, 11) is 1.21. The van der Waals surface area contributed by atoms with Crippen LogP contribution in [0.3, 0.4) is 0 Å². The van der Waals surface area contributed by atoms with Gasteiger partial charge >= 0.3 is 11.6 Å². The molecule has 4 rings (SSSR count). The molecule has 0 atom stereocenters. The van der Waals surface area contributed by atoms with E-state index < -0.39 is 11.6 Å². The maximum atomic E-state index is 11.9. The van der Waals surface area contributed by atoms with Gasteiger partial charge in [-0.1, -0.05) is 42.5 Å². The smallest absolute Gasteiger partial charge is 0.351 e. The zero-order valence-corrected chi connectivity index (χ0v) is 16.9. The number of rotatable bonds is 7. The molecule has 0 aliphatic rings. The van der Waals surface area contributed by atoms with E-state index in [0.717, 1.165) is 16.9 Å². The van der Waals surface area contributed by atoms with Crippen LogP contribution in [0.25, 0.3) is 22.1 Å². The van der Waals surface area contributed by atoms with Gasteiger partial charge in [0.15, 0.2) is 0 Å². The standard InChI is InChI=1S/C25H20O6/c1-28-24(26)22-15-19-9-12-21(16-23(19)31-25(22)27)30-14-13-29-20-10-7-18(8-11-20)17-5-3-2-4-6-17/h2-12,15-16H,13-14H2,1H3. The third kappa shape index (κ3) is 4.75. The Morgan fingerprint density at radius 3 is 2.16 bits per heavy atom. The first-order chi connectivity index (χ1) is 15.1. The summed E-state index contributed by atoms with van der Waals surface area (Å²) in [5.41, 5.74) is 1.71. The summed E-state index contributed by atoms with van der Waals surface area (Å²) in [5, 5.41) is 0.599. The summed E-state index contributed by atoms with van der Waals surface area (Å²) in [6.45, 7) is 0.671. The molecular weight excluding hydrogens is 396 g/mol. The molecule has 31 heavy (non-hydrogen) atoms. The second kappa shape index (κ2) is 9.17. The molecule has 3 aromatic carbocycles. The van der Waals surface area contributed by atoms with Gasteiger partial charge in [-0.3, -0.25) is 0 Å². The lowest BCUT2D eigenvalue weighted by Crippen LogP contribution is -2.15. The highest BCUT2D eigenvalue weighted by atomic mass is 16.5. The zero-order chi connectivity index (χ0) is 21.6. The summed E-state index contributed by atoms with van der Waals surface area (Å²) in [6.07, 6.45) is 0. The molecule has 0 bridgehead atoms. The van der Waals surface area contributed by atoms with E-state index >= 15 is 0 Å². The fraction of sp³-hybridized carbons (Fsp3) is 0.120. The van der Waals surface area contributed by atoms with E-state index in [1.165, 1.54) is 13.2 Å². The molecule has 6 heteroatoms. The van der Waals surface area contributed by atoms with Crippen LogP contribution >= 0.6 is 0 Å². The van der Waals surface area contributed by atoms with Gasteiger partial charge in [0.2, 0.25) is 0 Å². The molecule has 1 heterocycles. The topological polar surface area (TPSA) is 75.0 Å².